The van der Waals surface area contributed by atoms with Crippen molar-refractivity contribution in [2.45, 2.75) is 0 Å². The molecular formula is C15H11N5O. The Balaban J connectivity index is 1.83. The lowest BCUT2D eigenvalue weighted by Crippen LogP contribution is -2.13. The van der Waals surface area contributed by atoms with Gasteiger partial charge in [-0.2, -0.15) is 0 Å². The van der Waals surface area contributed by atoms with Gasteiger partial charge in [-0.15, -0.1) is 0 Å². The monoisotopic (exact) mass is 277 g/mol. The minimum absolute atomic E-state index is 0.235. The van der Waals surface area contributed by atoms with Crippen molar-refractivity contribution < 1.29 is 4.79 Å². The van der Waals surface area contributed by atoms with E-state index in [1.54, 1.807) is 49.1 Å². The van der Waals surface area contributed by atoms with E-state index in [0.717, 1.165) is 0 Å². The zero-order valence-electron chi connectivity index (χ0n) is 11.0. The van der Waals surface area contributed by atoms with Gasteiger partial charge in [-0.25, -0.2) is 4.98 Å². The topological polar surface area (TPSA) is 80.7 Å². The van der Waals surface area contributed by atoms with E-state index < -0.39 is 0 Å². The number of nitrogens with one attached hydrogen (secondary N) is 1. The van der Waals surface area contributed by atoms with Crippen LogP contribution in [0.25, 0.3) is 11.4 Å². The summed E-state index contributed by atoms with van der Waals surface area (Å²) < 4.78 is 0. The van der Waals surface area contributed by atoms with Crippen LogP contribution in [0.15, 0.2) is 61.3 Å². The number of rotatable bonds is 3. The molecule has 6 heteroatoms. The first-order chi connectivity index (χ1) is 10.3. The third-order valence-electron chi connectivity index (χ3n) is 2.74. The van der Waals surface area contributed by atoms with Gasteiger partial charge in [0.15, 0.2) is 5.82 Å². The molecule has 3 aromatic rings. The van der Waals surface area contributed by atoms with Crippen LogP contribution in [-0.4, -0.2) is 25.8 Å². The van der Waals surface area contributed by atoms with E-state index in [1.165, 1.54) is 6.20 Å². The molecule has 1 N–H and O–H groups in total. The maximum Gasteiger partial charge on any atom is 0.256 e. The number of anilines is 1. The summed E-state index contributed by atoms with van der Waals surface area (Å²) in [5.74, 6) is 0.133. The first kappa shape index (κ1) is 12.9. The normalized spacial score (nSPS) is 10.1. The number of carbonyl (C=O) groups is 1. The summed E-state index contributed by atoms with van der Waals surface area (Å²) in [6, 6.07) is 8.92. The molecule has 3 rings (SSSR count). The van der Waals surface area contributed by atoms with Crippen molar-refractivity contribution >= 4 is 11.7 Å². The third kappa shape index (κ3) is 3.06. The standard InChI is InChI=1S/C15H11N5O/c21-15(11-4-2-1-3-5-11)20-14-10-17-9-13(19-14)12-8-16-6-7-18-12/h1-10H,(H,19,20,21). The molecule has 102 valence electrons. The van der Waals surface area contributed by atoms with E-state index >= 15 is 0 Å². The van der Waals surface area contributed by atoms with E-state index in [-0.39, 0.29) is 5.91 Å². The number of benzene rings is 1. The zero-order valence-corrected chi connectivity index (χ0v) is 11.0. The summed E-state index contributed by atoms with van der Waals surface area (Å²) in [4.78, 5) is 28.6. The highest BCUT2D eigenvalue weighted by atomic mass is 16.1. The molecule has 2 heterocycles. The highest BCUT2D eigenvalue weighted by Crippen LogP contribution is 2.14. The molecule has 0 saturated heterocycles. The number of carbonyl (C=O) groups excluding carboxylic acids is 1. The molecule has 0 aliphatic rings. The zero-order chi connectivity index (χ0) is 14.5. The van der Waals surface area contributed by atoms with Crippen LogP contribution >= 0.6 is 0 Å². The molecule has 1 aromatic carbocycles. The minimum Gasteiger partial charge on any atom is -0.305 e. The molecule has 0 saturated carbocycles. The highest BCUT2D eigenvalue weighted by molar-refractivity contribution is 6.03. The van der Waals surface area contributed by atoms with Crippen LogP contribution in [0.5, 0.6) is 0 Å². The quantitative estimate of drug-likeness (QED) is 0.793. The molecule has 0 aliphatic carbocycles. The largest absolute Gasteiger partial charge is 0.305 e. The number of hydrogen-bond donors (Lipinski definition) is 1. The molecule has 21 heavy (non-hydrogen) atoms. The lowest BCUT2D eigenvalue weighted by atomic mass is 10.2. The van der Waals surface area contributed by atoms with Crippen molar-refractivity contribution in [3.05, 3.63) is 66.9 Å². The summed E-state index contributed by atoms with van der Waals surface area (Å²) in [7, 11) is 0. The molecule has 0 atom stereocenters. The van der Waals surface area contributed by atoms with Crippen LogP contribution in [-0.2, 0) is 0 Å². The Bertz CT molecular complexity index is 746. The summed E-state index contributed by atoms with van der Waals surface area (Å²) in [6.07, 6.45) is 7.81. The van der Waals surface area contributed by atoms with Gasteiger partial charge >= 0.3 is 0 Å². The number of aromatic nitrogens is 4. The second-order valence-corrected chi connectivity index (χ2v) is 4.20. The van der Waals surface area contributed by atoms with Crippen molar-refractivity contribution in [1.82, 2.24) is 19.9 Å². The van der Waals surface area contributed by atoms with Gasteiger partial charge in [0.1, 0.15) is 11.4 Å². The van der Waals surface area contributed by atoms with Gasteiger partial charge in [0.05, 0.1) is 18.6 Å². The molecule has 0 radical (unpaired) electrons. The van der Waals surface area contributed by atoms with E-state index in [9.17, 15) is 4.79 Å². The van der Waals surface area contributed by atoms with Crippen LogP contribution in [0, 0.1) is 0 Å². The maximum atomic E-state index is 12.1. The van der Waals surface area contributed by atoms with Gasteiger partial charge in [-0.05, 0) is 12.1 Å². The maximum absolute atomic E-state index is 12.1. The van der Waals surface area contributed by atoms with Crippen molar-refractivity contribution in [3.8, 4) is 11.4 Å². The molecule has 0 aliphatic heterocycles. The second kappa shape index (κ2) is 5.87. The van der Waals surface area contributed by atoms with Crippen LogP contribution < -0.4 is 5.32 Å². The fraction of sp³-hybridized carbons (Fsp3) is 0. The Morgan fingerprint density at radius 1 is 0.905 bits per heavy atom. The van der Waals surface area contributed by atoms with Crippen molar-refractivity contribution in [2.24, 2.45) is 0 Å². The average Bonchev–Trinajstić information content (AvgIpc) is 2.57. The van der Waals surface area contributed by atoms with Gasteiger partial charge in [0.2, 0.25) is 0 Å². The first-order valence-corrected chi connectivity index (χ1v) is 6.28. The molecule has 0 unspecified atom stereocenters. The van der Waals surface area contributed by atoms with E-state index in [4.69, 9.17) is 0 Å². The predicted molar refractivity (Wildman–Crippen MR) is 77.5 cm³/mol. The van der Waals surface area contributed by atoms with Crippen molar-refractivity contribution in [2.75, 3.05) is 5.32 Å². The van der Waals surface area contributed by atoms with Gasteiger partial charge in [-0.3, -0.25) is 19.7 Å². The third-order valence-corrected chi connectivity index (χ3v) is 2.74. The Morgan fingerprint density at radius 2 is 1.71 bits per heavy atom. The van der Waals surface area contributed by atoms with Gasteiger partial charge < -0.3 is 5.32 Å². The van der Waals surface area contributed by atoms with Gasteiger partial charge in [0.25, 0.3) is 5.91 Å². The van der Waals surface area contributed by atoms with Crippen LogP contribution in [0.4, 0.5) is 5.82 Å². The van der Waals surface area contributed by atoms with E-state index in [1.807, 2.05) is 6.07 Å². The number of nitrogens with zero attached hydrogens (tertiary/aromatic N) is 4. The van der Waals surface area contributed by atoms with Crippen LogP contribution in [0.1, 0.15) is 10.4 Å². The molecule has 0 fully saturated rings. The lowest BCUT2D eigenvalue weighted by molar-refractivity contribution is 0.102. The molecular weight excluding hydrogens is 266 g/mol. The second-order valence-electron chi connectivity index (χ2n) is 4.20. The van der Waals surface area contributed by atoms with E-state index in [0.29, 0.717) is 22.8 Å². The fourth-order valence-electron chi connectivity index (χ4n) is 1.76. The van der Waals surface area contributed by atoms with E-state index in [2.05, 4.69) is 25.3 Å². The number of amides is 1. The first-order valence-electron chi connectivity index (χ1n) is 6.28. The highest BCUT2D eigenvalue weighted by Gasteiger charge is 2.08. The summed E-state index contributed by atoms with van der Waals surface area (Å²) in [5.41, 5.74) is 1.71. The Kier molecular flexibility index (Phi) is 3.60. The predicted octanol–water partition coefficient (Wildman–Crippen LogP) is 2.19. The SMILES string of the molecule is O=C(Nc1cncc(-c2cnccn2)n1)c1ccccc1. The molecule has 2 aromatic heterocycles. The van der Waals surface area contributed by atoms with Crippen LogP contribution in [0.3, 0.4) is 0 Å². The Hall–Kier alpha value is -3.15. The minimum atomic E-state index is -0.235. The lowest BCUT2D eigenvalue weighted by Gasteiger charge is -2.05. The molecule has 1 amide bonds. The van der Waals surface area contributed by atoms with Crippen LogP contribution in [0.2, 0.25) is 0 Å². The Labute approximate surface area is 121 Å². The molecule has 0 spiro atoms. The average molecular weight is 277 g/mol. The van der Waals surface area contributed by atoms with Crippen molar-refractivity contribution in [3.63, 3.8) is 0 Å². The molecule has 6 nitrogen and oxygen atoms in total. The Morgan fingerprint density at radius 3 is 2.48 bits per heavy atom. The summed E-state index contributed by atoms with van der Waals surface area (Å²) >= 11 is 0. The van der Waals surface area contributed by atoms with Gasteiger partial charge in [0, 0.05) is 18.0 Å². The van der Waals surface area contributed by atoms with Gasteiger partial charge in [-0.1, -0.05) is 18.2 Å². The smallest absolute Gasteiger partial charge is 0.256 e. The fourth-order valence-corrected chi connectivity index (χ4v) is 1.76. The molecule has 0 bridgehead atoms. The summed E-state index contributed by atoms with van der Waals surface area (Å²) in [6.45, 7) is 0. The summed E-state index contributed by atoms with van der Waals surface area (Å²) in [5, 5.41) is 2.71. The number of hydrogen-bond acceptors (Lipinski definition) is 5. The van der Waals surface area contributed by atoms with Crippen molar-refractivity contribution in [1.29, 1.82) is 0 Å².